The zero-order valence-electron chi connectivity index (χ0n) is 19.8. The second-order valence-electron chi connectivity index (χ2n) is 6.95. The molecule has 1 aliphatic heterocycles. The van der Waals surface area contributed by atoms with Gasteiger partial charge in [-0.1, -0.05) is 0 Å². The molecule has 1 heterocycles. The Labute approximate surface area is 192 Å². The monoisotopic (exact) mass is 460 g/mol. The minimum Gasteiger partial charge on any atom is -0.493 e. The first kappa shape index (κ1) is 23.8. The fraction of sp³-hybridized carbons (Fsp3) is 0.391. The van der Waals surface area contributed by atoms with Gasteiger partial charge in [-0.2, -0.15) is 10.1 Å². The molecule has 1 unspecified atom stereocenters. The molecule has 2 aromatic carbocycles. The molecule has 0 bridgehead atoms. The lowest BCUT2D eigenvalue weighted by Crippen LogP contribution is -2.26. The first-order valence-corrected chi connectivity index (χ1v) is 10.0. The van der Waals surface area contributed by atoms with E-state index in [9.17, 15) is 4.79 Å². The Morgan fingerprint density at radius 1 is 0.758 bits per heavy atom. The van der Waals surface area contributed by atoms with Crippen LogP contribution in [0.15, 0.2) is 29.4 Å². The highest BCUT2D eigenvalue weighted by molar-refractivity contribution is 6.03. The third kappa shape index (κ3) is 4.41. The number of benzene rings is 2. The van der Waals surface area contributed by atoms with E-state index in [1.807, 2.05) is 0 Å². The highest BCUT2D eigenvalue weighted by Crippen LogP contribution is 2.44. The van der Waals surface area contributed by atoms with Crippen LogP contribution in [0.25, 0.3) is 0 Å². The molecule has 0 aliphatic carbocycles. The molecule has 33 heavy (non-hydrogen) atoms. The van der Waals surface area contributed by atoms with Gasteiger partial charge < -0.3 is 33.2 Å². The van der Waals surface area contributed by atoms with Crippen LogP contribution in [0.3, 0.4) is 0 Å². The van der Waals surface area contributed by atoms with Gasteiger partial charge in [0.2, 0.25) is 11.5 Å². The van der Waals surface area contributed by atoms with Gasteiger partial charge in [0.1, 0.15) is 0 Å². The molecular weight excluding hydrogens is 432 g/mol. The van der Waals surface area contributed by atoms with E-state index in [1.54, 1.807) is 24.3 Å². The summed E-state index contributed by atoms with van der Waals surface area (Å²) in [6.07, 6.45) is -0.206. The lowest BCUT2D eigenvalue weighted by atomic mass is 9.97. The second kappa shape index (κ2) is 10.2. The molecule has 10 nitrogen and oxygen atoms in total. The van der Waals surface area contributed by atoms with Gasteiger partial charge in [0.05, 0.1) is 61.5 Å². The van der Waals surface area contributed by atoms with Crippen LogP contribution in [-0.2, 0) is 4.74 Å². The standard InChI is InChI=1S/C23H28N2O8/c1-27-17-8-13(9-18(28-2)21(17)31-5)15-12-16(25(24-15)23(26)33-7)14-10-19(29-3)22(32-6)20(11-14)30-4/h8-11,16H,12H2,1-7H3. The number of carbonyl (C=O) groups excluding carboxylic acids is 1. The Kier molecular flexibility index (Phi) is 7.37. The summed E-state index contributed by atoms with van der Waals surface area (Å²) in [6, 6.07) is 6.67. The van der Waals surface area contributed by atoms with Crippen molar-refractivity contribution in [3.05, 3.63) is 35.4 Å². The molecule has 0 radical (unpaired) electrons. The maximum atomic E-state index is 12.6. The number of amides is 1. The van der Waals surface area contributed by atoms with Gasteiger partial charge in [0.15, 0.2) is 23.0 Å². The van der Waals surface area contributed by atoms with E-state index < -0.39 is 12.1 Å². The minimum absolute atomic E-state index is 0.395. The summed E-state index contributed by atoms with van der Waals surface area (Å²) in [4.78, 5) is 12.6. The fourth-order valence-corrected chi connectivity index (χ4v) is 3.75. The zero-order valence-corrected chi connectivity index (χ0v) is 19.8. The van der Waals surface area contributed by atoms with Gasteiger partial charge in [-0.05, 0) is 29.8 Å². The molecule has 2 aromatic rings. The predicted molar refractivity (Wildman–Crippen MR) is 120 cm³/mol. The molecule has 10 heteroatoms. The molecule has 0 fully saturated rings. The van der Waals surface area contributed by atoms with Crippen LogP contribution < -0.4 is 28.4 Å². The third-order valence-corrected chi connectivity index (χ3v) is 5.34. The number of hydrogen-bond donors (Lipinski definition) is 0. The van der Waals surface area contributed by atoms with Crippen LogP contribution in [0, 0.1) is 0 Å². The van der Waals surface area contributed by atoms with Crippen molar-refractivity contribution in [2.45, 2.75) is 12.5 Å². The summed E-state index contributed by atoms with van der Waals surface area (Å²) in [6.45, 7) is 0. The Bertz CT molecular complexity index is 1000. The van der Waals surface area contributed by atoms with E-state index in [4.69, 9.17) is 33.2 Å². The molecular formula is C23H28N2O8. The van der Waals surface area contributed by atoms with Crippen molar-refractivity contribution in [2.75, 3.05) is 49.8 Å². The number of hydrogen-bond acceptors (Lipinski definition) is 9. The van der Waals surface area contributed by atoms with Crippen molar-refractivity contribution in [3.63, 3.8) is 0 Å². The Hall–Kier alpha value is -3.82. The van der Waals surface area contributed by atoms with Crippen LogP contribution in [0.5, 0.6) is 34.5 Å². The lowest BCUT2D eigenvalue weighted by molar-refractivity contribution is 0.113. The molecule has 0 saturated carbocycles. The molecule has 0 N–H and O–H groups in total. The van der Waals surface area contributed by atoms with Crippen LogP contribution >= 0.6 is 0 Å². The Morgan fingerprint density at radius 3 is 1.61 bits per heavy atom. The largest absolute Gasteiger partial charge is 0.493 e. The van der Waals surface area contributed by atoms with Crippen molar-refractivity contribution >= 4 is 11.8 Å². The van der Waals surface area contributed by atoms with Gasteiger partial charge >= 0.3 is 6.09 Å². The first-order chi connectivity index (χ1) is 16.0. The van der Waals surface area contributed by atoms with Gasteiger partial charge in [-0.25, -0.2) is 4.79 Å². The smallest absolute Gasteiger partial charge is 0.430 e. The highest BCUT2D eigenvalue weighted by Gasteiger charge is 2.35. The predicted octanol–water partition coefficient (Wildman–Crippen LogP) is 3.66. The molecule has 0 saturated heterocycles. The summed E-state index contributed by atoms with van der Waals surface area (Å²) >= 11 is 0. The molecule has 1 aliphatic rings. The molecule has 1 amide bonds. The SMILES string of the molecule is COC(=O)N1N=C(c2cc(OC)c(OC)c(OC)c2)CC1c1cc(OC)c(OC)c(OC)c1. The van der Waals surface area contributed by atoms with E-state index in [2.05, 4.69) is 5.10 Å². The number of hydrazone groups is 1. The molecule has 3 rings (SSSR count). The van der Waals surface area contributed by atoms with Gasteiger partial charge in [0.25, 0.3) is 0 Å². The molecule has 0 spiro atoms. The number of ether oxygens (including phenoxy) is 7. The first-order valence-electron chi connectivity index (χ1n) is 10.0. The maximum Gasteiger partial charge on any atom is 0.430 e. The van der Waals surface area contributed by atoms with Crippen LogP contribution in [-0.4, -0.2) is 66.6 Å². The average molecular weight is 460 g/mol. The number of methoxy groups -OCH3 is 7. The van der Waals surface area contributed by atoms with Crippen molar-refractivity contribution < 1.29 is 38.0 Å². The van der Waals surface area contributed by atoms with E-state index in [1.165, 1.54) is 54.8 Å². The van der Waals surface area contributed by atoms with Crippen molar-refractivity contribution in [3.8, 4) is 34.5 Å². The van der Waals surface area contributed by atoms with E-state index in [0.717, 1.165) is 5.56 Å². The minimum atomic E-state index is -0.601. The van der Waals surface area contributed by atoms with Gasteiger partial charge in [-0.3, -0.25) is 0 Å². The summed E-state index contributed by atoms with van der Waals surface area (Å²) in [5.74, 6) is 2.83. The summed E-state index contributed by atoms with van der Waals surface area (Å²) in [5, 5.41) is 5.85. The van der Waals surface area contributed by atoms with E-state index in [-0.39, 0.29) is 0 Å². The van der Waals surface area contributed by atoms with Crippen molar-refractivity contribution in [1.29, 1.82) is 0 Å². The third-order valence-electron chi connectivity index (χ3n) is 5.34. The molecule has 178 valence electrons. The summed E-state index contributed by atoms with van der Waals surface area (Å²) in [7, 11) is 10.5. The Balaban J connectivity index is 2.09. The normalized spacial score (nSPS) is 14.9. The van der Waals surface area contributed by atoms with Gasteiger partial charge in [0, 0.05) is 12.0 Å². The Morgan fingerprint density at radius 2 is 1.21 bits per heavy atom. The molecule has 1 atom stereocenters. The van der Waals surface area contributed by atoms with Crippen LogP contribution in [0.4, 0.5) is 4.79 Å². The summed E-state index contributed by atoms with van der Waals surface area (Å²) < 4.78 is 37.7. The number of carbonyl (C=O) groups is 1. The summed E-state index contributed by atoms with van der Waals surface area (Å²) in [5.41, 5.74) is 2.09. The maximum absolute atomic E-state index is 12.6. The lowest BCUT2D eigenvalue weighted by Gasteiger charge is -2.22. The van der Waals surface area contributed by atoms with E-state index >= 15 is 0 Å². The van der Waals surface area contributed by atoms with Crippen LogP contribution in [0.1, 0.15) is 23.6 Å². The second-order valence-corrected chi connectivity index (χ2v) is 6.95. The fourth-order valence-electron chi connectivity index (χ4n) is 3.75. The van der Waals surface area contributed by atoms with Crippen molar-refractivity contribution in [2.24, 2.45) is 5.10 Å². The number of nitrogens with zero attached hydrogens (tertiary/aromatic N) is 2. The average Bonchev–Trinajstić information content (AvgIpc) is 3.31. The topological polar surface area (TPSA) is 97.3 Å². The quantitative estimate of drug-likeness (QED) is 0.589. The van der Waals surface area contributed by atoms with Crippen LogP contribution in [0.2, 0.25) is 0 Å². The van der Waals surface area contributed by atoms with E-state index in [0.29, 0.717) is 52.2 Å². The van der Waals surface area contributed by atoms with Gasteiger partial charge in [-0.15, -0.1) is 0 Å². The van der Waals surface area contributed by atoms with Crippen molar-refractivity contribution in [1.82, 2.24) is 5.01 Å². The number of rotatable bonds is 8. The molecule has 0 aromatic heterocycles. The highest BCUT2D eigenvalue weighted by atomic mass is 16.6. The zero-order chi connectivity index (χ0) is 24.1.